The summed E-state index contributed by atoms with van der Waals surface area (Å²) in [6, 6.07) is 5.74. The number of nitrogens with zero attached hydrogens (tertiary/aromatic N) is 3. The molecule has 4 nitrogen and oxygen atoms in total. The van der Waals surface area contributed by atoms with Gasteiger partial charge in [0.2, 0.25) is 0 Å². The number of aromatic nitrogens is 2. The maximum absolute atomic E-state index is 11.2. The summed E-state index contributed by atoms with van der Waals surface area (Å²) >= 11 is 0. The zero-order chi connectivity index (χ0) is 11.7. The Kier molecular flexibility index (Phi) is 2.40. The minimum Gasteiger partial charge on any atom is -0.351 e. The number of carbonyl (C=O) groups excluding carboxylic acids is 1. The molecule has 4 heteroatoms. The second-order valence-electron chi connectivity index (χ2n) is 4.07. The summed E-state index contributed by atoms with van der Waals surface area (Å²) in [5.74, 6) is 0.788. The van der Waals surface area contributed by atoms with Gasteiger partial charge in [0.1, 0.15) is 11.3 Å². The molecule has 0 unspecified atom stereocenters. The van der Waals surface area contributed by atoms with Crippen LogP contribution in [0.3, 0.4) is 0 Å². The van der Waals surface area contributed by atoms with Gasteiger partial charge in [0.25, 0.3) is 0 Å². The van der Waals surface area contributed by atoms with Gasteiger partial charge in [0.15, 0.2) is 12.1 Å². The maximum Gasteiger partial charge on any atom is 0.170 e. The molecule has 0 aliphatic carbocycles. The molecule has 2 aromatic heterocycles. The van der Waals surface area contributed by atoms with Crippen LogP contribution < -0.4 is 4.90 Å². The van der Waals surface area contributed by atoms with Crippen LogP contribution in [0.15, 0.2) is 36.5 Å². The highest BCUT2D eigenvalue weighted by atomic mass is 16.1. The molecular weight excluding hydrogens is 214 g/mol. The molecule has 3 heterocycles. The van der Waals surface area contributed by atoms with E-state index in [2.05, 4.69) is 22.0 Å². The van der Waals surface area contributed by atoms with Crippen LogP contribution in [0.1, 0.15) is 16.9 Å². The molecule has 0 radical (unpaired) electrons. The Bertz CT molecular complexity index is 585. The van der Waals surface area contributed by atoms with Crippen LogP contribution in [0.25, 0.3) is 5.65 Å². The molecule has 0 aromatic carbocycles. The maximum atomic E-state index is 11.2. The molecule has 0 amide bonds. The molecule has 86 valence electrons. The molecule has 0 N–H and O–H groups in total. The summed E-state index contributed by atoms with van der Waals surface area (Å²) in [5.41, 5.74) is 1.45. The Hall–Kier alpha value is -2.10. The lowest BCUT2D eigenvalue weighted by Gasteiger charge is -2.23. The first-order valence-corrected chi connectivity index (χ1v) is 5.72. The monoisotopic (exact) mass is 227 g/mol. The van der Waals surface area contributed by atoms with Gasteiger partial charge in [-0.15, -0.1) is 0 Å². The van der Waals surface area contributed by atoms with E-state index in [0.29, 0.717) is 5.69 Å². The Morgan fingerprint density at radius 2 is 2.24 bits per heavy atom. The van der Waals surface area contributed by atoms with Gasteiger partial charge in [0, 0.05) is 19.3 Å². The van der Waals surface area contributed by atoms with E-state index in [1.54, 1.807) is 0 Å². The number of rotatable bonds is 2. The van der Waals surface area contributed by atoms with Gasteiger partial charge >= 0.3 is 0 Å². The lowest BCUT2D eigenvalue weighted by atomic mass is 10.2. The van der Waals surface area contributed by atoms with Gasteiger partial charge in [-0.2, -0.15) is 0 Å². The minimum atomic E-state index is 0.635. The number of hydrogen-bond donors (Lipinski definition) is 0. The smallest absolute Gasteiger partial charge is 0.170 e. The fraction of sp³-hybridized carbons (Fsp3) is 0.231. The normalized spacial score (nSPS) is 15.4. The number of imidazole rings is 1. The third kappa shape index (κ3) is 1.62. The molecule has 1 aliphatic rings. The van der Waals surface area contributed by atoms with Gasteiger partial charge in [-0.3, -0.25) is 9.20 Å². The highest BCUT2D eigenvalue weighted by Gasteiger charge is 2.17. The number of fused-ring (bicyclic) bond motifs is 1. The Morgan fingerprint density at radius 1 is 1.29 bits per heavy atom. The van der Waals surface area contributed by atoms with Crippen molar-refractivity contribution in [3.05, 3.63) is 42.2 Å². The van der Waals surface area contributed by atoms with Crippen molar-refractivity contribution in [2.75, 3.05) is 18.0 Å². The molecular formula is C13H13N3O. The topological polar surface area (TPSA) is 37.6 Å². The molecule has 0 saturated carbocycles. The number of anilines is 1. The molecule has 3 rings (SSSR count). The van der Waals surface area contributed by atoms with Crippen LogP contribution in [-0.4, -0.2) is 28.8 Å². The highest BCUT2D eigenvalue weighted by molar-refractivity contribution is 5.83. The SMILES string of the molecule is O=Cc1c(N2CC=CCC2)nc2ccccn12. The largest absolute Gasteiger partial charge is 0.351 e. The van der Waals surface area contributed by atoms with Crippen LogP contribution >= 0.6 is 0 Å². The first kappa shape index (κ1) is 10.1. The molecule has 2 aromatic rings. The van der Waals surface area contributed by atoms with E-state index < -0.39 is 0 Å². The van der Waals surface area contributed by atoms with Crippen LogP contribution in [0.5, 0.6) is 0 Å². The van der Waals surface area contributed by atoms with Gasteiger partial charge in [0.05, 0.1) is 0 Å². The van der Waals surface area contributed by atoms with Gasteiger partial charge < -0.3 is 4.90 Å². The molecule has 1 aliphatic heterocycles. The first-order chi connectivity index (χ1) is 8.40. The minimum absolute atomic E-state index is 0.635. The third-order valence-corrected chi connectivity index (χ3v) is 3.02. The van der Waals surface area contributed by atoms with Crippen LogP contribution in [0.2, 0.25) is 0 Å². The predicted octanol–water partition coefficient (Wildman–Crippen LogP) is 1.91. The standard InChI is InChI=1S/C13H13N3O/c17-10-11-13(15-7-3-1-4-8-15)14-12-6-2-5-9-16(11)12/h1-3,5-6,9-10H,4,7-8H2. The summed E-state index contributed by atoms with van der Waals surface area (Å²) in [6.07, 6.45) is 8.03. The second-order valence-corrected chi connectivity index (χ2v) is 4.07. The van der Waals surface area contributed by atoms with Crippen molar-refractivity contribution in [2.24, 2.45) is 0 Å². The summed E-state index contributed by atoms with van der Waals surface area (Å²) in [5, 5.41) is 0. The fourth-order valence-electron chi connectivity index (χ4n) is 2.18. The Labute approximate surface area is 99.2 Å². The number of aldehydes is 1. The molecule has 17 heavy (non-hydrogen) atoms. The Morgan fingerprint density at radius 3 is 3.00 bits per heavy atom. The summed E-state index contributed by atoms with van der Waals surface area (Å²) in [7, 11) is 0. The molecule has 0 saturated heterocycles. The second kappa shape index (κ2) is 4.05. The van der Waals surface area contributed by atoms with Crippen molar-refractivity contribution in [1.29, 1.82) is 0 Å². The summed E-state index contributed by atoms with van der Waals surface area (Å²) in [4.78, 5) is 17.9. The van der Waals surface area contributed by atoms with Crippen LogP contribution in [-0.2, 0) is 0 Å². The predicted molar refractivity (Wildman–Crippen MR) is 66.5 cm³/mol. The van der Waals surface area contributed by atoms with Crippen molar-refractivity contribution >= 4 is 17.8 Å². The van der Waals surface area contributed by atoms with E-state index in [-0.39, 0.29) is 0 Å². The number of carbonyl (C=O) groups is 1. The quantitative estimate of drug-likeness (QED) is 0.581. The zero-order valence-corrected chi connectivity index (χ0v) is 9.41. The summed E-state index contributed by atoms with van der Waals surface area (Å²) in [6.45, 7) is 1.74. The first-order valence-electron chi connectivity index (χ1n) is 5.72. The van der Waals surface area contributed by atoms with E-state index in [0.717, 1.165) is 37.3 Å². The van der Waals surface area contributed by atoms with Gasteiger partial charge in [-0.05, 0) is 18.6 Å². The lowest BCUT2D eigenvalue weighted by molar-refractivity contribution is 0.111. The van der Waals surface area contributed by atoms with Crippen molar-refractivity contribution in [3.63, 3.8) is 0 Å². The van der Waals surface area contributed by atoms with Crippen LogP contribution in [0, 0.1) is 0 Å². The van der Waals surface area contributed by atoms with Gasteiger partial charge in [-0.1, -0.05) is 18.2 Å². The van der Waals surface area contributed by atoms with Gasteiger partial charge in [-0.25, -0.2) is 4.98 Å². The van der Waals surface area contributed by atoms with E-state index >= 15 is 0 Å². The van der Waals surface area contributed by atoms with Crippen molar-refractivity contribution in [1.82, 2.24) is 9.38 Å². The Balaban J connectivity index is 2.14. The summed E-state index contributed by atoms with van der Waals surface area (Å²) < 4.78 is 1.83. The van der Waals surface area contributed by atoms with E-state index in [1.165, 1.54) is 0 Å². The van der Waals surface area contributed by atoms with Crippen molar-refractivity contribution in [3.8, 4) is 0 Å². The van der Waals surface area contributed by atoms with Crippen molar-refractivity contribution < 1.29 is 4.79 Å². The molecule has 0 atom stereocenters. The number of hydrogen-bond acceptors (Lipinski definition) is 3. The molecule has 0 spiro atoms. The van der Waals surface area contributed by atoms with E-state index in [1.807, 2.05) is 28.8 Å². The lowest BCUT2D eigenvalue weighted by Crippen LogP contribution is -2.28. The third-order valence-electron chi connectivity index (χ3n) is 3.02. The zero-order valence-electron chi connectivity index (χ0n) is 9.41. The van der Waals surface area contributed by atoms with Crippen LogP contribution in [0.4, 0.5) is 5.82 Å². The van der Waals surface area contributed by atoms with Crippen molar-refractivity contribution in [2.45, 2.75) is 6.42 Å². The number of pyridine rings is 1. The molecule has 0 fully saturated rings. The van der Waals surface area contributed by atoms with E-state index in [9.17, 15) is 4.79 Å². The highest BCUT2D eigenvalue weighted by Crippen LogP contribution is 2.21. The average molecular weight is 227 g/mol. The average Bonchev–Trinajstić information content (AvgIpc) is 2.78. The molecule has 0 bridgehead atoms. The fourth-order valence-corrected chi connectivity index (χ4v) is 2.18. The van der Waals surface area contributed by atoms with E-state index in [4.69, 9.17) is 0 Å².